The van der Waals surface area contributed by atoms with Crippen LogP contribution >= 0.6 is 0 Å². The molecule has 0 spiro atoms. The van der Waals surface area contributed by atoms with Crippen molar-refractivity contribution < 1.29 is 14.4 Å². The van der Waals surface area contributed by atoms with Crippen molar-refractivity contribution in [3.63, 3.8) is 0 Å². The number of nitrogens with one attached hydrogen (secondary N) is 1. The SMILES string of the molecule is CCN(CC)C(CN1C(=O)NC(=O)C1=O)c1ccccc1. The number of likely N-dealkylation sites (N-methyl/N-ethyl adjacent to an activating group) is 1. The molecular formula is C15H19N3O3. The van der Waals surface area contributed by atoms with Gasteiger partial charge in [-0.25, -0.2) is 4.79 Å². The fourth-order valence-corrected chi connectivity index (χ4v) is 2.54. The van der Waals surface area contributed by atoms with E-state index < -0.39 is 17.8 Å². The van der Waals surface area contributed by atoms with Crippen LogP contribution in [0.15, 0.2) is 30.3 Å². The Morgan fingerprint density at radius 2 is 1.71 bits per heavy atom. The number of rotatable bonds is 6. The Kier molecular flexibility index (Phi) is 4.70. The predicted octanol–water partition coefficient (Wildman–Crippen LogP) is 1.15. The van der Waals surface area contributed by atoms with Gasteiger partial charge in [0, 0.05) is 0 Å². The Labute approximate surface area is 123 Å². The highest BCUT2D eigenvalue weighted by Crippen LogP contribution is 2.22. The Bertz CT molecular complexity index is 540. The van der Waals surface area contributed by atoms with Crippen LogP contribution in [0.1, 0.15) is 25.5 Å². The van der Waals surface area contributed by atoms with Crippen molar-refractivity contribution in [1.29, 1.82) is 0 Å². The maximum Gasteiger partial charge on any atom is 0.331 e. The van der Waals surface area contributed by atoms with Crippen LogP contribution in [-0.4, -0.2) is 47.3 Å². The molecule has 0 radical (unpaired) electrons. The largest absolute Gasteiger partial charge is 0.331 e. The summed E-state index contributed by atoms with van der Waals surface area (Å²) in [7, 11) is 0. The number of urea groups is 1. The molecule has 6 nitrogen and oxygen atoms in total. The van der Waals surface area contributed by atoms with E-state index in [9.17, 15) is 14.4 Å². The van der Waals surface area contributed by atoms with Gasteiger partial charge in [0.15, 0.2) is 0 Å². The van der Waals surface area contributed by atoms with Gasteiger partial charge in [-0.15, -0.1) is 0 Å². The van der Waals surface area contributed by atoms with Crippen molar-refractivity contribution in [2.45, 2.75) is 19.9 Å². The molecule has 0 bridgehead atoms. The summed E-state index contributed by atoms with van der Waals surface area (Å²) in [6.07, 6.45) is 0. The molecular weight excluding hydrogens is 270 g/mol. The predicted molar refractivity (Wildman–Crippen MR) is 77.4 cm³/mol. The zero-order chi connectivity index (χ0) is 15.4. The molecule has 0 aromatic heterocycles. The average Bonchev–Trinajstić information content (AvgIpc) is 2.74. The molecule has 4 amide bonds. The van der Waals surface area contributed by atoms with Crippen LogP contribution in [0.4, 0.5) is 4.79 Å². The third-order valence-corrected chi connectivity index (χ3v) is 3.70. The normalized spacial score (nSPS) is 16.5. The summed E-state index contributed by atoms with van der Waals surface area (Å²) in [5.41, 5.74) is 1.01. The van der Waals surface area contributed by atoms with Gasteiger partial charge in [-0.05, 0) is 18.7 Å². The van der Waals surface area contributed by atoms with Crippen LogP contribution in [0.25, 0.3) is 0 Å². The number of carbonyl (C=O) groups is 3. The molecule has 1 aromatic carbocycles. The van der Waals surface area contributed by atoms with E-state index in [-0.39, 0.29) is 12.6 Å². The molecule has 6 heteroatoms. The minimum absolute atomic E-state index is 0.123. The monoisotopic (exact) mass is 289 g/mol. The second-order valence-corrected chi connectivity index (χ2v) is 4.82. The van der Waals surface area contributed by atoms with Crippen molar-refractivity contribution in [3.8, 4) is 0 Å². The van der Waals surface area contributed by atoms with Crippen molar-refractivity contribution >= 4 is 17.8 Å². The van der Waals surface area contributed by atoms with E-state index in [4.69, 9.17) is 0 Å². The second-order valence-electron chi connectivity index (χ2n) is 4.82. The summed E-state index contributed by atoms with van der Waals surface area (Å²) < 4.78 is 0. The van der Waals surface area contributed by atoms with Gasteiger partial charge in [-0.1, -0.05) is 44.2 Å². The van der Waals surface area contributed by atoms with E-state index in [1.807, 2.05) is 49.5 Å². The van der Waals surface area contributed by atoms with E-state index in [1.54, 1.807) is 0 Å². The topological polar surface area (TPSA) is 69.7 Å². The lowest BCUT2D eigenvalue weighted by Gasteiger charge is -2.32. The summed E-state index contributed by atoms with van der Waals surface area (Å²) in [5.74, 6) is -1.64. The molecule has 112 valence electrons. The molecule has 0 aliphatic carbocycles. The molecule has 1 aliphatic heterocycles. The Balaban J connectivity index is 2.26. The quantitative estimate of drug-likeness (QED) is 0.630. The first-order valence-corrected chi connectivity index (χ1v) is 7.04. The summed E-state index contributed by atoms with van der Waals surface area (Å²) in [5, 5.41) is 2.03. The van der Waals surface area contributed by atoms with Gasteiger partial charge in [0.1, 0.15) is 0 Å². The van der Waals surface area contributed by atoms with Crippen molar-refractivity contribution in [1.82, 2.24) is 15.1 Å². The minimum atomic E-state index is -0.855. The van der Waals surface area contributed by atoms with Crippen LogP contribution in [0, 0.1) is 0 Å². The number of hydrogen-bond acceptors (Lipinski definition) is 4. The summed E-state index contributed by atoms with van der Waals surface area (Å²) in [4.78, 5) is 37.9. The fraction of sp³-hybridized carbons (Fsp3) is 0.400. The summed E-state index contributed by atoms with van der Waals surface area (Å²) in [6.45, 7) is 5.79. The van der Waals surface area contributed by atoms with E-state index in [1.165, 1.54) is 0 Å². The molecule has 1 N–H and O–H groups in total. The number of imide groups is 2. The highest BCUT2D eigenvalue weighted by Gasteiger charge is 2.38. The van der Waals surface area contributed by atoms with Crippen LogP contribution < -0.4 is 5.32 Å². The van der Waals surface area contributed by atoms with Crippen LogP contribution in [0.2, 0.25) is 0 Å². The lowest BCUT2D eigenvalue weighted by Crippen LogP contribution is -2.41. The standard InChI is InChI=1S/C15H19N3O3/c1-3-17(4-2)12(11-8-6-5-7-9-11)10-18-14(20)13(19)16-15(18)21/h5-9,12H,3-4,10H2,1-2H3,(H,16,19,21). The molecule has 1 atom stereocenters. The molecule has 21 heavy (non-hydrogen) atoms. The first kappa shape index (κ1) is 15.2. The second kappa shape index (κ2) is 6.49. The zero-order valence-electron chi connectivity index (χ0n) is 12.2. The summed E-state index contributed by atoms with van der Waals surface area (Å²) >= 11 is 0. The molecule has 2 rings (SSSR count). The number of carbonyl (C=O) groups excluding carboxylic acids is 3. The van der Waals surface area contributed by atoms with Gasteiger partial charge >= 0.3 is 17.8 Å². The molecule has 1 aromatic rings. The molecule has 1 fully saturated rings. The molecule has 1 unspecified atom stereocenters. The van der Waals surface area contributed by atoms with Gasteiger partial charge < -0.3 is 0 Å². The third kappa shape index (κ3) is 3.11. The van der Waals surface area contributed by atoms with Crippen LogP contribution in [-0.2, 0) is 9.59 Å². The molecule has 1 heterocycles. The maximum atomic E-state index is 11.8. The van der Waals surface area contributed by atoms with E-state index in [0.29, 0.717) is 0 Å². The Morgan fingerprint density at radius 3 is 2.19 bits per heavy atom. The van der Waals surface area contributed by atoms with Crippen LogP contribution in [0.5, 0.6) is 0 Å². The van der Waals surface area contributed by atoms with Gasteiger partial charge in [0.2, 0.25) is 0 Å². The van der Waals surface area contributed by atoms with Gasteiger partial charge in [-0.2, -0.15) is 0 Å². The van der Waals surface area contributed by atoms with Crippen molar-refractivity contribution in [2.24, 2.45) is 0 Å². The number of hydrogen-bond donors (Lipinski definition) is 1. The summed E-state index contributed by atoms with van der Waals surface area (Å²) in [6, 6.07) is 8.91. The maximum absolute atomic E-state index is 11.8. The Hall–Kier alpha value is -2.21. The van der Waals surface area contributed by atoms with Crippen molar-refractivity contribution in [2.75, 3.05) is 19.6 Å². The minimum Gasteiger partial charge on any atom is -0.295 e. The average molecular weight is 289 g/mol. The van der Waals surface area contributed by atoms with Gasteiger partial charge in [0.25, 0.3) is 0 Å². The van der Waals surface area contributed by atoms with Gasteiger partial charge in [-0.3, -0.25) is 24.7 Å². The van der Waals surface area contributed by atoms with E-state index in [0.717, 1.165) is 23.6 Å². The van der Waals surface area contributed by atoms with E-state index >= 15 is 0 Å². The smallest absolute Gasteiger partial charge is 0.295 e. The molecule has 1 aliphatic rings. The third-order valence-electron chi connectivity index (χ3n) is 3.70. The number of amides is 4. The molecule has 1 saturated heterocycles. The van der Waals surface area contributed by atoms with Crippen LogP contribution in [0.3, 0.4) is 0 Å². The van der Waals surface area contributed by atoms with E-state index in [2.05, 4.69) is 4.90 Å². The zero-order valence-corrected chi connectivity index (χ0v) is 12.2. The lowest BCUT2D eigenvalue weighted by molar-refractivity contribution is -0.140. The highest BCUT2D eigenvalue weighted by atomic mass is 16.2. The molecule has 0 saturated carbocycles. The first-order valence-electron chi connectivity index (χ1n) is 7.04. The Morgan fingerprint density at radius 1 is 1.10 bits per heavy atom. The number of benzene rings is 1. The highest BCUT2D eigenvalue weighted by molar-refractivity contribution is 6.44. The lowest BCUT2D eigenvalue weighted by atomic mass is 10.0. The first-order chi connectivity index (χ1) is 10.1. The van der Waals surface area contributed by atoms with Crippen molar-refractivity contribution in [3.05, 3.63) is 35.9 Å². The fourth-order valence-electron chi connectivity index (χ4n) is 2.54. The number of nitrogens with zero attached hydrogens (tertiary/aromatic N) is 2. The van der Waals surface area contributed by atoms with Gasteiger partial charge in [0.05, 0.1) is 12.6 Å².